The standard InChI is InChI=1S/C12H17O5.BrH.Mg/c1-9-10(16-7-13-2)5-6-11(12(9)15-4)17-8-14-3;;/h6H,7-8H2,1-4H3;1H;/q-1;;+2/p-1. The van der Waals surface area contributed by atoms with Gasteiger partial charge in [-0.25, -0.2) is 0 Å². The minimum Gasteiger partial charge on any atom is -1.00 e. The first-order valence-corrected chi connectivity index (χ1v) is 5.07. The van der Waals surface area contributed by atoms with E-state index < -0.39 is 0 Å². The van der Waals surface area contributed by atoms with E-state index in [1.807, 2.05) is 6.92 Å². The van der Waals surface area contributed by atoms with Crippen LogP contribution in [0.2, 0.25) is 0 Å². The Hall–Kier alpha value is -0.214. The smallest absolute Gasteiger partial charge is 1.00 e. The number of benzene rings is 1. The van der Waals surface area contributed by atoms with Gasteiger partial charge in [-0.2, -0.15) is 0 Å². The van der Waals surface area contributed by atoms with Gasteiger partial charge in [0.2, 0.25) is 0 Å². The third-order valence-electron chi connectivity index (χ3n) is 2.10. The first kappa shape index (κ1) is 21.1. The molecule has 1 rings (SSSR count). The summed E-state index contributed by atoms with van der Waals surface area (Å²) in [4.78, 5) is 0. The molecule has 0 fully saturated rings. The quantitative estimate of drug-likeness (QED) is 0.338. The molecule has 0 aliphatic rings. The molecule has 0 saturated carbocycles. The molecular formula is C12H17BrMgO5. The SMILES string of the molecule is COCOc1[c-]cc(OCOC)c(OC)c1C.[Br-].[Mg+2]. The van der Waals surface area contributed by atoms with Gasteiger partial charge in [0, 0.05) is 20.0 Å². The van der Waals surface area contributed by atoms with Crippen LogP contribution in [0.15, 0.2) is 6.07 Å². The monoisotopic (exact) mass is 344 g/mol. The van der Waals surface area contributed by atoms with E-state index in [0.717, 1.165) is 5.56 Å². The second kappa shape index (κ2) is 11.6. The molecule has 0 atom stereocenters. The molecule has 7 heteroatoms. The maximum Gasteiger partial charge on any atom is 2.00 e. The Morgan fingerprint density at radius 1 is 1.05 bits per heavy atom. The summed E-state index contributed by atoms with van der Waals surface area (Å²) < 4.78 is 25.6. The van der Waals surface area contributed by atoms with Crippen LogP contribution in [0, 0.1) is 13.0 Å². The summed E-state index contributed by atoms with van der Waals surface area (Å²) in [6, 6.07) is 4.61. The van der Waals surface area contributed by atoms with Crippen molar-refractivity contribution in [2.24, 2.45) is 0 Å². The molecule has 0 bridgehead atoms. The average molecular weight is 345 g/mol. The molecule has 1 aromatic carbocycles. The maximum absolute atomic E-state index is 5.35. The van der Waals surface area contributed by atoms with Crippen molar-refractivity contribution in [2.75, 3.05) is 34.9 Å². The van der Waals surface area contributed by atoms with Crippen molar-refractivity contribution in [3.63, 3.8) is 0 Å². The summed E-state index contributed by atoms with van der Waals surface area (Å²) in [5.74, 6) is 1.75. The van der Waals surface area contributed by atoms with Gasteiger partial charge in [-0.15, -0.1) is 12.1 Å². The first-order valence-electron chi connectivity index (χ1n) is 5.07. The number of ether oxygens (including phenoxy) is 5. The number of hydrogen-bond donors (Lipinski definition) is 0. The molecule has 0 aliphatic carbocycles. The molecule has 0 amide bonds. The van der Waals surface area contributed by atoms with Gasteiger partial charge in [0.25, 0.3) is 0 Å². The Kier molecular flexibility index (Phi) is 12.9. The van der Waals surface area contributed by atoms with Crippen LogP contribution in [0.5, 0.6) is 17.2 Å². The van der Waals surface area contributed by atoms with Crippen LogP contribution in [0.25, 0.3) is 0 Å². The molecule has 1 aromatic rings. The van der Waals surface area contributed by atoms with Crippen molar-refractivity contribution in [3.05, 3.63) is 17.7 Å². The molecule has 0 radical (unpaired) electrons. The minimum atomic E-state index is 0. The molecule has 0 N–H and O–H groups in total. The Balaban J connectivity index is 0. The van der Waals surface area contributed by atoms with Gasteiger partial charge in [-0.3, -0.25) is 0 Å². The molecule has 5 nitrogen and oxygen atoms in total. The average Bonchev–Trinajstić information content (AvgIpc) is 2.35. The Morgan fingerprint density at radius 3 is 2.16 bits per heavy atom. The third-order valence-corrected chi connectivity index (χ3v) is 2.10. The van der Waals surface area contributed by atoms with Crippen LogP contribution < -0.4 is 31.2 Å². The molecule has 0 unspecified atom stereocenters. The molecule has 0 aromatic heterocycles. The van der Waals surface area contributed by atoms with Crippen molar-refractivity contribution in [3.8, 4) is 17.2 Å². The summed E-state index contributed by atoms with van der Waals surface area (Å²) in [5, 5.41) is 0. The van der Waals surface area contributed by atoms with Crippen molar-refractivity contribution < 1.29 is 40.7 Å². The number of methoxy groups -OCH3 is 3. The van der Waals surface area contributed by atoms with E-state index in [1.54, 1.807) is 27.4 Å². The molecule has 0 spiro atoms. The van der Waals surface area contributed by atoms with Crippen molar-refractivity contribution in [2.45, 2.75) is 6.92 Å². The zero-order valence-corrected chi connectivity index (χ0v) is 14.6. The Labute approximate surface area is 140 Å². The largest absolute Gasteiger partial charge is 2.00 e. The van der Waals surface area contributed by atoms with Gasteiger partial charge in [0.1, 0.15) is 0 Å². The van der Waals surface area contributed by atoms with Gasteiger partial charge in [-0.1, -0.05) is 12.5 Å². The van der Waals surface area contributed by atoms with Crippen LogP contribution in [0.4, 0.5) is 0 Å². The zero-order chi connectivity index (χ0) is 12.7. The fraction of sp³-hybridized carbons (Fsp3) is 0.500. The fourth-order valence-corrected chi connectivity index (χ4v) is 1.34. The van der Waals surface area contributed by atoms with Crippen LogP contribution in [0.3, 0.4) is 0 Å². The van der Waals surface area contributed by atoms with E-state index in [9.17, 15) is 0 Å². The summed E-state index contributed by atoms with van der Waals surface area (Å²) in [6.45, 7) is 2.18. The maximum atomic E-state index is 5.35. The normalized spacial score (nSPS) is 9.05. The van der Waals surface area contributed by atoms with Crippen molar-refractivity contribution in [1.82, 2.24) is 0 Å². The van der Waals surface area contributed by atoms with Crippen molar-refractivity contribution in [1.29, 1.82) is 0 Å². The van der Waals surface area contributed by atoms with E-state index in [1.165, 1.54) is 0 Å². The predicted octanol–water partition coefficient (Wildman–Crippen LogP) is -1.61. The van der Waals surface area contributed by atoms with E-state index in [-0.39, 0.29) is 53.6 Å². The van der Waals surface area contributed by atoms with Crippen LogP contribution >= 0.6 is 0 Å². The first-order chi connectivity index (χ1) is 8.24. The third kappa shape index (κ3) is 6.18. The number of rotatable bonds is 7. The van der Waals surface area contributed by atoms with Gasteiger partial charge in [-0.05, 0) is 0 Å². The van der Waals surface area contributed by atoms with E-state index in [4.69, 9.17) is 23.7 Å². The number of halogens is 1. The van der Waals surface area contributed by atoms with Gasteiger partial charge in [0.05, 0.1) is 18.6 Å². The van der Waals surface area contributed by atoms with Gasteiger partial charge >= 0.3 is 23.1 Å². The predicted molar refractivity (Wildman–Crippen MR) is 67.3 cm³/mol. The molecular weight excluding hydrogens is 328 g/mol. The van der Waals surface area contributed by atoms with E-state index >= 15 is 0 Å². The van der Waals surface area contributed by atoms with E-state index in [2.05, 4.69) is 6.07 Å². The van der Waals surface area contributed by atoms with Gasteiger partial charge in [0.15, 0.2) is 13.6 Å². The number of hydrogen-bond acceptors (Lipinski definition) is 5. The summed E-state index contributed by atoms with van der Waals surface area (Å²) in [6.07, 6.45) is 0. The fourth-order valence-electron chi connectivity index (χ4n) is 1.34. The Bertz CT molecular complexity index is 362. The van der Waals surface area contributed by atoms with Crippen LogP contribution in [0.1, 0.15) is 5.56 Å². The second-order valence-corrected chi connectivity index (χ2v) is 3.24. The second-order valence-electron chi connectivity index (χ2n) is 3.24. The van der Waals surface area contributed by atoms with Crippen LogP contribution in [-0.4, -0.2) is 58.0 Å². The molecule has 0 heterocycles. The molecule has 0 aliphatic heterocycles. The Morgan fingerprint density at radius 2 is 1.63 bits per heavy atom. The molecule has 104 valence electrons. The zero-order valence-electron chi connectivity index (χ0n) is 11.6. The summed E-state index contributed by atoms with van der Waals surface area (Å²) in [5.41, 5.74) is 0.804. The van der Waals surface area contributed by atoms with Crippen LogP contribution in [-0.2, 0) is 9.47 Å². The van der Waals surface area contributed by atoms with Crippen molar-refractivity contribution >= 4 is 23.1 Å². The molecule has 19 heavy (non-hydrogen) atoms. The summed E-state index contributed by atoms with van der Waals surface area (Å²) in [7, 11) is 4.68. The van der Waals surface area contributed by atoms with E-state index in [0.29, 0.717) is 17.2 Å². The topological polar surface area (TPSA) is 46.2 Å². The molecule has 0 saturated heterocycles. The summed E-state index contributed by atoms with van der Waals surface area (Å²) >= 11 is 0. The minimum absolute atomic E-state index is 0. The van der Waals surface area contributed by atoms with Gasteiger partial charge < -0.3 is 40.7 Å².